The second-order valence-electron chi connectivity index (χ2n) is 5.58. The second-order valence-corrected chi connectivity index (χ2v) is 10.2. The van der Waals surface area contributed by atoms with Crippen LogP contribution in [-0.4, -0.2) is 26.0 Å². The summed E-state index contributed by atoms with van der Waals surface area (Å²) < 4.78 is 1.18. The van der Waals surface area contributed by atoms with Gasteiger partial charge in [0.15, 0.2) is 0 Å². The third-order valence-corrected chi connectivity index (χ3v) is 9.28. The van der Waals surface area contributed by atoms with Gasteiger partial charge in [0.2, 0.25) is 5.44 Å². The summed E-state index contributed by atoms with van der Waals surface area (Å²) in [6, 6.07) is 23.7. The van der Waals surface area contributed by atoms with Gasteiger partial charge in [-0.2, -0.15) is 0 Å². The topological polar surface area (TPSA) is 38.7 Å². The monoisotopic (exact) mass is 444 g/mol. The third-order valence-electron chi connectivity index (χ3n) is 4.15. The lowest BCUT2D eigenvalue weighted by atomic mass is 10.4. The van der Waals surface area contributed by atoms with Crippen LogP contribution in [0.3, 0.4) is 0 Å². The molecule has 0 saturated heterocycles. The van der Waals surface area contributed by atoms with Gasteiger partial charge in [-0.25, -0.2) is 0 Å². The summed E-state index contributed by atoms with van der Waals surface area (Å²) in [6.45, 7) is 0. The maximum absolute atomic E-state index is 4.47. The molecule has 0 saturated carbocycles. The molecule has 122 valence electrons. The fourth-order valence-electron chi connectivity index (χ4n) is 3.03. The molecule has 1 aromatic heterocycles. The summed E-state index contributed by atoms with van der Waals surface area (Å²) in [5.74, 6) is 0. The van der Waals surface area contributed by atoms with E-state index in [9.17, 15) is 0 Å². The van der Waals surface area contributed by atoms with E-state index in [0.717, 1.165) is 11.6 Å². The summed E-state index contributed by atoms with van der Waals surface area (Å²) in [5, 5.41) is 15.1. The van der Waals surface area contributed by atoms with Gasteiger partial charge in [-0.15, -0.1) is 5.10 Å². The number of unbranched alkanes of at least 4 members (excludes halogenated alkanes) is 1. The van der Waals surface area contributed by atoms with Crippen molar-refractivity contribution >= 4 is 45.9 Å². The lowest BCUT2D eigenvalue weighted by Crippen LogP contribution is -2.35. The van der Waals surface area contributed by atoms with Gasteiger partial charge < -0.3 is 0 Å². The lowest BCUT2D eigenvalue weighted by Gasteiger charge is -2.25. The predicted octanol–water partition coefficient (Wildman–Crippen LogP) is 3.38. The average Bonchev–Trinajstić information content (AvgIpc) is 2.68. The maximum Gasteiger partial charge on any atom is 0.216 e. The van der Waals surface area contributed by atoms with Crippen LogP contribution < -0.4 is 16.0 Å². The number of hydrogen-bond acceptors (Lipinski definition) is 3. The van der Waals surface area contributed by atoms with Crippen LogP contribution in [0.25, 0.3) is 0 Å². The van der Waals surface area contributed by atoms with E-state index >= 15 is 0 Å². The van der Waals surface area contributed by atoms with Crippen LogP contribution in [0.15, 0.2) is 72.9 Å². The van der Waals surface area contributed by atoms with Gasteiger partial charge in [0.05, 0.1) is 12.4 Å². The van der Waals surface area contributed by atoms with Gasteiger partial charge in [0.25, 0.3) is 0 Å². The molecule has 0 unspecified atom stereocenters. The Labute approximate surface area is 157 Å². The Bertz CT molecular complexity index is 642. The SMILES string of the molecule is [123I]CCCC[P+](c1ccccc1)(c1ccccc1)c1ccnnn1. The molecule has 0 aliphatic rings. The van der Waals surface area contributed by atoms with Crippen LogP contribution in [0.5, 0.6) is 0 Å². The molecule has 3 rings (SSSR count). The number of rotatable bonds is 7. The zero-order valence-electron chi connectivity index (χ0n) is 13.4. The van der Waals surface area contributed by atoms with Crippen LogP contribution in [0.4, 0.5) is 0 Å². The first-order chi connectivity index (χ1) is 11.9. The van der Waals surface area contributed by atoms with Crippen LogP contribution in [0.1, 0.15) is 12.8 Å². The van der Waals surface area contributed by atoms with E-state index < -0.39 is 7.26 Å². The van der Waals surface area contributed by atoms with Gasteiger partial charge >= 0.3 is 0 Å². The molecule has 2 aromatic carbocycles. The van der Waals surface area contributed by atoms with Gasteiger partial charge in [-0.05, 0) is 46.7 Å². The highest BCUT2D eigenvalue weighted by Gasteiger charge is 2.46. The van der Waals surface area contributed by atoms with Crippen molar-refractivity contribution in [3.05, 3.63) is 72.9 Å². The Kier molecular flexibility index (Phi) is 6.27. The van der Waals surface area contributed by atoms with E-state index in [2.05, 4.69) is 98.7 Å². The molecule has 0 aliphatic heterocycles. The molecule has 3 aromatic rings. The van der Waals surface area contributed by atoms with E-state index in [1.165, 1.54) is 27.9 Å². The largest absolute Gasteiger partial charge is 0.216 e. The summed E-state index contributed by atoms with van der Waals surface area (Å²) >= 11 is 2.46. The van der Waals surface area contributed by atoms with Crippen molar-refractivity contribution in [1.29, 1.82) is 0 Å². The van der Waals surface area contributed by atoms with Gasteiger partial charge in [0.1, 0.15) is 17.9 Å². The summed E-state index contributed by atoms with van der Waals surface area (Å²) in [6.07, 6.45) is 5.29. The van der Waals surface area contributed by atoms with E-state index in [1.54, 1.807) is 6.20 Å². The van der Waals surface area contributed by atoms with Crippen molar-refractivity contribution in [2.75, 3.05) is 10.6 Å². The molecule has 3 nitrogen and oxygen atoms in total. The number of aromatic nitrogens is 3. The minimum absolute atomic E-state index is 1.07. The Morgan fingerprint density at radius 2 is 1.42 bits per heavy atom. The number of nitrogens with zero attached hydrogens (tertiary/aromatic N) is 3. The van der Waals surface area contributed by atoms with E-state index in [-0.39, 0.29) is 0 Å². The number of halogens is 1. The van der Waals surface area contributed by atoms with E-state index in [1.807, 2.05) is 6.07 Å². The standard InChI is InChI=1S/C19H20IN3P/c20-14-7-8-16-24(17-9-3-1-4-10-17,18-11-5-2-6-12-18)19-13-15-21-23-22-19/h1-6,9-13,15H,7-8,14,16H2/q+1/i20-4. The Hall–Kier alpha value is -1.39. The van der Waals surface area contributed by atoms with E-state index in [4.69, 9.17) is 0 Å². The zero-order valence-corrected chi connectivity index (χ0v) is 16.5. The fourth-order valence-corrected chi connectivity index (χ4v) is 7.72. The van der Waals surface area contributed by atoms with Gasteiger partial charge in [0, 0.05) is 6.07 Å². The van der Waals surface area contributed by atoms with Crippen molar-refractivity contribution in [3.63, 3.8) is 0 Å². The molecule has 0 amide bonds. The first kappa shape index (κ1) is 17.4. The number of alkyl halides is 1. The minimum atomic E-state index is -1.80. The van der Waals surface area contributed by atoms with Crippen molar-refractivity contribution in [2.45, 2.75) is 12.8 Å². The highest BCUT2D eigenvalue weighted by Crippen LogP contribution is 2.55. The van der Waals surface area contributed by atoms with Crippen LogP contribution in [0.2, 0.25) is 0 Å². The van der Waals surface area contributed by atoms with Crippen molar-refractivity contribution < 1.29 is 0 Å². The molecule has 0 bridgehead atoms. The molecular weight excluding hydrogens is 424 g/mol. The Morgan fingerprint density at radius 3 is 1.92 bits per heavy atom. The number of benzene rings is 2. The molecule has 0 fully saturated rings. The fraction of sp³-hybridized carbons (Fsp3) is 0.211. The van der Waals surface area contributed by atoms with Crippen LogP contribution in [-0.2, 0) is 0 Å². The minimum Gasteiger partial charge on any atom is -0.138 e. The molecular formula is C19H20IN3P+. The van der Waals surface area contributed by atoms with Gasteiger partial charge in [-0.1, -0.05) is 64.1 Å². The quantitative estimate of drug-likeness (QED) is 0.243. The second kappa shape index (κ2) is 8.63. The molecule has 0 atom stereocenters. The van der Waals surface area contributed by atoms with Crippen molar-refractivity contribution in [2.24, 2.45) is 0 Å². The average molecular weight is 444 g/mol. The van der Waals surface area contributed by atoms with Gasteiger partial charge in [-0.3, -0.25) is 0 Å². The Balaban J connectivity index is 2.20. The first-order valence-corrected chi connectivity index (χ1v) is 11.6. The van der Waals surface area contributed by atoms with Crippen molar-refractivity contribution in [3.8, 4) is 0 Å². The summed E-state index contributed by atoms with van der Waals surface area (Å²) in [7, 11) is -1.80. The molecule has 24 heavy (non-hydrogen) atoms. The molecule has 0 N–H and O–H groups in total. The smallest absolute Gasteiger partial charge is 0.138 e. The molecule has 5 heteroatoms. The highest BCUT2D eigenvalue weighted by atomic mass is 123. The highest BCUT2D eigenvalue weighted by molar-refractivity contribution is 14.1. The normalized spacial score (nSPS) is 11.4. The third kappa shape index (κ3) is 3.65. The molecule has 0 spiro atoms. The molecule has 1 heterocycles. The maximum atomic E-state index is 4.47. The molecule has 0 aliphatic carbocycles. The van der Waals surface area contributed by atoms with E-state index in [0.29, 0.717) is 0 Å². The number of hydrogen-bond donors (Lipinski definition) is 0. The van der Waals surface area contributed by atoms with Crippen molar-refractivity contribution in [1.82, 2.24) is 15.4 Å². The first-order valence-electron chi connectivity index (χ1n) is 8.08. The van der Waals surface area contributed by atoms with Crippen LogP contribution in [0, 0.1) is 0 Å². The summed E-state index contributed by atoms with van der Waals surface area (Å²) in [4.78, 5) is 0. The lowest BCUT2D eigenvalue weighted by molar-refractivity contribution is 0.878. The zero-order chi connectivity index (χ0) is 16.7. The predicted molar refractivity (Wildman–Crippen MR) is 112 cm³/mol. The molecule has 0 radical (unpaired) electrons. The van der Waals surface area contributed by atoms with Crippen LogP contribution >= 0.6 is 29.9 Å². The summed E-state index contributed by atoms with van der Waals surface area (Å²) in [5.41, 5.74) is 1.07. The Morgan fingerprint density at radius 1 is 0.792 bits per heavy atom.